The van der Waals surface area contributed by atoms with Crippen molar-refractivity contribution in [2.45, 2.75) is 0 Å². The predicted octanol–water partition coefficient (Wildman–Crippen LogP) is 6.24. The first-order valence-electron chi connectivity index (χ1n) is 9.73. The number of rotatable bonds is 4. The van der Waals surface area contributed by atoms with Crippen LogP contribution in [0.25, 0.3) is 33.2 Å². The van der Waals surface area contributed by atoms with Crippen LogP contribution in [0, 0.1) is 0 Å². The molecule has 0 aliphatic carbocycles. The molecule has 0 saturated carbocycles. The van der Waals surface area contributed by atoms with Gasteiger partial charge in [0, 0.05) is 27.4 Å². The Morgan fingerprint density at radius 3 is 2.61 bits per heavy atom. The van der Waals surface area contributed by atoms with E-state index in [9.17, 15) is 0 Å². The summed E-state index contributed by atoms with van der Waals surface area (Å²) >= 11 is 6.23. The van der Waals surface area contributed by atoms with Crippen molar-refractivity contribution < 1.29 is 9.15 Å². The van der Waals surface area contributed by atoms with Gasteiger partial charge in [0.2, 0.25) is 0 Å². The molecule has 0 unspecified atom stereocenters. The number of ether oxygens (including phenoxy) is 1. The van der Waals surface area contributed by atoms with Gasteiger partial charge in [-0.3, -0.25) is 5.43 Å². The van der Waals surface area contributed by atoms with E-state index < -0.39 is 0 Å². The average Bonchev–Trinajstić information content (AvgIpc) is 2.82. The van der Waals surface area contributed by atoms with Crippen LogP contribution in [0.5, 0.6) is 5.75 Å². The molecule has 0 fully saturated rings. The minimum atomic E-state index is 0.611. The van der Waals surface area contributed by atoms with Gasteiger partial charge in [-0.1, -0.05) is 29.8 Å². The number of halogens is 1. The first kappa shape index (κ1) is 19.2. The molecule has 0 radical (unpaired) electrons. The van der Waals surface area contributed by atoms with Gasteiger partial charge in [0.15, 0.2) is 0 Å². The van der Waals surface area contributed by atoms with Crippen LogP contribution in [0.15, 0.2) is 94.4 Å². The van der Waals surface area contributed by atoms with Crippen molar-refractivity contribution in [1.29, 1.82) is 0 Å². The lowest BCUT2D eigenvalue weighted by Gasteiger charge is -2.07. The smallest absolute Gasteiger partial charge is 0.146 e. The summed E-state index contributed by atoms with van der Waals surface area (Å²) in [5.74, 6) is 2.12. The topological polar surface area (TPSA) is 59.6 Å². The van der Waals surface area contributed by atoms with Gasteiger partial charge in [0.1, 0.15) is 22.9 Å². The first-order chi connectivity index (χ1) is 15.2. The second kappa shape index (κ2) is 8.13. The maximum absolute atomic E-state index is 6.23. The molecule has 152 valence electrons. The molecule has 1 N–H and O–H groups in total. The van der Waals surface area contributed by atoms with Crippen molar-refractivity contribution in [1.82, 2.24) is 4.98 Å². The molecule has 0 aliphatic rings. The molecular formula is C25H18ClN3O2. The summed E-state index contributed by atoms with van der Waals surface area (Å²) in [6.07, 6.45) is 0. The highest BCUT2D eigenvalue weighted by Crippen LogP contribution is 2.25. The van der Waals surface area contributed by atoms with E-state index in [-0.39, 0.29) is 0 Å². The Morgan fingerprint density at radius 1 is 0.935 bits per heavy atom. The summed E-state index contributed by atoms with van der Waals surface area (Å²) in [6, 6.07) is 26.9. The van der Waals surface area contributed by atoms with Crippen LogP contribution in [-0.2, 0) is 0 Å². The van der Waals surface area contributed by atoms with Gasteiger partial charge in [0.05, 0.1) is 18.0 Å². The van der Waals surface area contributed by atoms with Crippen molar-refractivity contribution in [3.8, 4) is 17.1 Å². The van der Waals surface area contributed by atoms with Gasteiger partial charge < -0.3 is 9.15 Å². The van der Waals surface area contributed by atoms with Gasteiger partial charge in [-0.15, -0.1) is 0 Å². The molecule has 5 aromatic rings. The highest BCUT2D eigenvalue weighted by molar-refractivity contribution is 6.31. The van der Waals surface area contributed by atoms with Crippen LogP contribution >= 0.6 is 11.6 Å². The zero-order valence-corrected chi connectivity index (χ0v) is 17.4. The first-order valence-corrected chi connectivity index (χ1v) is 10.1. The number of benzene rings is 3. The van der Waals surface area contributed by atoms with E-state index in [2.05, 4.69) is 15.5 Å². The normalized spacial score (nSPS) is 11.7. The molecular weight excluding hydrogens is 410 g/mol. The van der Waals surface area contributed by atoms with E-state index in [4.69, 9.17) is 20.8 Å². The Kier molecular flexibility index (Phi) is 5.02. The fourth-order valence-electron chi connectivity index (χ4n) is 3.38. The Bertz CT molecular complexity index is 1460. The van der Waals surface area contributed by atoms with Gasteiger partial charge in [-0.2, -0.15) is 5.10 Å². The summed E-state index contributed by atoms with van der Waals surface area (Å²) in [4.78, 5) is 4.62. The number of hydrogen-bond donors (Lipinski definition) is 1. The van der Waals surface area contributed by atoms with E-state index in [1.54, 1.807) is 13.2 Å². The van der Waals surface area contributed by atoms with Gasteiger partial charge in [-0.05, 0) is 60.7 Å². The Morgan fingerprint density at radius 2 is 1.77 bits per heavy atom. The number of methoxy groups -OCH3 is 1. The third-order valence-electron chi connectivity index (χ3n) is 4.97. The van der Waals surface area contributed by atoms with Crippen LogP contribution in [-0.4, -0.2) is 12.1 Å². The monoisotopic (exact) mass is 427 g/mol. The minimum Gasteiger partial charge on any atom is -0.497 e. The van der Waals surface area contributed by atoms with Crippen molar-refractivity contribution in [3.63, 3.8) is 0 Å². The second-order valence-electron chi connectivity index (χ2n) is 6.98. The summed E-state index contributed by atoms with van der Waals surface area (Å²) in [7, 11) is 1.64. The molecule has 0 amide bonds. The average molecular weight is 428 g/mol. The van der Waals surface area contributed by atoms with Crippen LogP contribution in [0.3, 0.4) is 0 Å². The SMILES string of the molecule is COc1ccc(-c2c/c(=N\Nc3ccc4ccccc4n3)c3cc(Cl)ccc3o2)cc1. The number of anilines is 1. The van der Waals surface area contributed by atoms with Crippen LogP contribution in [0.1, 0.15) is 0 Å². The molecule has 3 aromatic carbocycles. The summed E-state index contributed by atoms with van der Waals surface area (Å²) in [5.41, 5.74) is 5.57. The highest BCUT2D eigenvalue weighted by Gasteiger charge is 2.08. The van der Waals surface area contributed by atoms with Gasteiger partial charge in [0.25, 0.3) is 0 Å². The molecule has 0 saturated heterocycles. The largest absolute Gasteiger partial charge is 0.497 e. The van der Waals surface area contributed by atoms with E-state index >= 15 is 0 Å². The molecule has 2 aromatic heterocycles. The molecule has 2 heterocycles. The predicted molar refractivity (Wildman–Crippen MR) is 124 cm³/mol. The number of aromatic nitrogens is 1. The lowest BCUT2D eigenvalue weighted by Crippen LogP contribution is -2.08. The lowest BCUT2D eigenvalue weighted by atomic mass is 10.1. The van der Waals surface area contributed by atoms with Crippen molar-refractivity contribution in [3.05, 3.63) is 95.3 Å². The quantitative estimate of drug-likeness (QED) is 0.345. The number of nitrogens with zero attached hydrogens (tertiary/aromatic N) is 2. The number of fused-ring (bicyclic) bond motifs is 2. The van der Waals surface area contributed by atoms with Crippen LogP contribution < -0.4 is 15.5 Å². The molecule has 0 spiro atoms. The number of nitrogens with one attached hydrogen (secondary N) is 1. The Labute approximate surface area is 183 Å². The minimum absolute atomic E-state index is 0.611. The van der Waals surface area contributed by atoms with Gasteiger partial charge >= 0.3 is 0 Å². The molecule has 31 heavy (non-hydrogen) atoms. The molecule has 5 nitrogen and oxygen atoms in total. The van der Waals surface area contributed by atoms with E-state index in [1.807, 2.05) is 78.9 Å². The number of para-hydroxylation sites is 1. The van der Waals surface area contributed by atoms with E-state index in [0.717, 1.165) is 27.6 Å². The van der Waals surface area contributed by atoms with E-state index in [0.29, 0.717) is 27.5 Å². The molecule has 0 atom stereocenters. The molecule has 5 rings (SSSR count). The fraction of sp³-hybridized carbons (Fsp3) is 0.0400. The number of hydrogen-bond acceptors (Lipinski definition) is 5. The highest BCUT2D eigenvalue weighted by atomic mass is 35.5. The second-order valence-corrected chi connectivity index (χ2v) is 7.41. The Hall–Kier alpha value is -3.83. The number of pyridine rings is 1. The van der Waals surface area contributed by atoms with E-state index in [1.165, 1.54) is 0 Å². The van der Waals surface area contributed by atoms with Crippen LogP contribution in [0.2, 0.25) is 5.02 Å². The third-order valence-corrected chi connectivity index (χ3v) is 5.20. The van der Waals surface area contributed by atoms with Crippen molar-refractivity contribution in [2.75, 3.05) is 12.5 Å². The van der Waals surface area contributed by atoms with Crippen molar-refractivity contribution >= 4 is 39.3 Å². The molecule has 0 bridgehead atoms. The van der Waals surface area contributed by atoms with Gasteiger partial charge in [-0.25, -0.2) is 4.98 Å². The maximum atomic E-state index is 6.23. The summed E-state index contributed by atoms with van der Waals surface area (Å²) < 4.78 is 11.4. The zero-order valence-electron chi connectivity index (χ0n) is 16.7. The molecule has 0 aliphatic heterocycles. The van der Waals surface area contributed by atoms with Crippen molar-refractivity contribution in [2.24, 2.45) is 5.10 Å². The fourth-order valence-corrected chi connectivity index (χ4v) is 3.55. The molecule has 6 heteroatoms. The lowest BCUT2D eigenvalue weighted by molar-refractivity contribution is 0.415. The maximum Gasteiger partial charge on any atom is 0.146 e. The standard InChI is InChI=1S/C25H18ClN3O2/c1-30-19-10-6-17(7-11-19)24-15-22(20-14-18(26)9-12-23(20)31-24)28-29-25-13-8-16-4-2-3-5-21(16)27-25/h2-15H,1H3,(H,27,29)/b28-22+. The zero-order chi connectivity index (χ0) is 21.2. The van der Waals surface area contributed by atoms with Crippen LogP contribution in [0.4, 0.5) is 5.82 Å². The Balaban J connectivity index is 1.61. The third kappa shape index (κ3) is 3.96. The summed E-state index contributed by atoms with van der Waals surface area (Å²) in [5, 5.41) is 7.80. The summed E-state index contributed by atoms with van der Waals surface area (Å²) in [6.45, 7) is 0.